The SMILES string of the molecule is CCCCCCC(C)(CN)Nc1ccccc1Cl. The molecule has 3 N–H and O–H groups in total. The van der Waals surface area contributed by atoms with Gasteiger partial charge in [0.2, 0.25) is 0 Å². The van der Waals surface area contributed by atoms with Crippen molar-refractivity contribution in [3.63, 3.8) is 0 Å². The lowest BCUT2D eigenvalue weighted by Gasteiger charge is -2.31. The molecule has 0 heterocycles. The number of nitrogens with two attached hydrogens (primary N) is 1. The van der Waals surface area contributed by atoms with Crippen molar-refractivity contribution in [1.29, 1.82) is 0 Å². The maximum Gasteiger partial charge on any atom is 0.0637 e. The first-order valence-corrected chi connectivity index (χ1v) is 7.22. The van der Waals surface area contributed by atoms with Crippen molar-refractivity contribution in [2.45, 2.75) is 51.5 Å². The topological polar surface area (TPSA) is 38.0 Å². The molecule has 2 nitrogen and oxygen atoms in total. The van der Waals surface area contributed by atoms with Gasteiger partial charge in [-0.05, 0) is 25.5 Å². The summed E-state index contributed by atoms with van der Waals surface area (Å²) in [4.78, 5) is 0. The average Bonchev–Trinajstić information content (AvgIpc) is 2.38. The van der Waals surface area contributed by atoms with Gasteiger partial charge in [-0.2, -0.15) is 0 Å². The van der Waals surface area contributed by atoms with Gasteiger partial charge >= 0.3 is 0 Å². The largest absolute Gasteiger partial charge is 0.377 e. The Balaban J connectivity index is 2.56. The Morgan fingerprint density at radius 3 is 2.56 bits per heavy atom. The van der Waals surface area contributed by atoms with Gasteiger partial charge in [-0.15, -0.1) is 0 Å². The van der Waals surface area contributed by atoms with Gasteiger partial charge in [0.15, 0.2) is 0 Å². The van der Waals surface area contributed by atoms with E-state index in [4.69, 9.17) is 17.3 Å². The smallest absolute Gasteiger partial charge is 0.0637 e. The van der Waals surface area contributed by atoms with Crippen LogP contribution in [0.3, 0.4) is 0 Å². The molecule has 1 atom stereocenters. The minimum absolute atomic E-state index is 0.0707. The summed E-state index contributed by atoms with van der Waals surface area (Å²) in [5.74, 6) is 0. The quantitative estimate of drug-likeness (QED) is 0.684. The molecule has 0 aliphatic carbocycles. The molecule has 0 saturated heterocycles. The number of hydrogen-bond donors (Lipinski definition) is 2. The van der Waals surface area contributed by atoms with Crippen LogP contribution in [0.15, 0.2) is 24.3 Å². The van der Waals surface area contributed by atoms with Gasteiger partial charge in [0.25, 0.3) is 0 Å². The standard InChI is InChI=1S/C15H25ClN2/c1-3-4-5-8-11-15(2,12-17)18-14-10-7-6-9-13(14)16/h6-7,9-10,18H,3-5,8,11-12,17H2,1-2H3. The van der Waals surface area contributed by atoms with E-state index in [-0.39, 0.29) is 5.54 Å². The summed E-state index contributed by atoms with van der Waals surface area (Å²) in [6.07, 6.45) is 6.12. The van der Waals surface area contributed by atoms with Crippen LogP contribution in [0.5, 0.6) is 0 Å². The van der Waals surface area contributed by atoms with Crippen LogP contribution in [0.2, 0.25) is 5.02 Å². The van der Waals surface area contributed by atoms with Crippen molar-refractivity contribution in [2.24, 2.45) is 5.73 Å². The van der Waals surface area contributed by atoms with Crippen LogP contribution in [-0.4, -0.2) is 12.1 Å². The van der Waals surface area contributed by atoms with E-state index in [2.05, 4.69) is 19.2 Å². The van der Waals surface area contributed by atoms with Gasteiger partial charge in [-0.1, -0.05) is 56.3 Å². The van der Waals surface area contributed by atoms with E-state index in [9.17, 15) is 0 Å². The number of nitrogens with one attached hydrogen (secondary N) is 1. The lowest BCUT2D eigenvalue weighted by Crippen LogP contribution is -2.42. The minimum atomic E-state index is -0.0707. The first-order chi connectivity index (χ1) is 8.61. The molecule has 0 fully saturated rings. The van der Waals surface area contributed by atoms with Crippen LogP contribution >= 0.6 is 11.6 Å². The van der Waals surface area contributed by atoms with Crippen molar-refractivity contribution < 1.29 is 0 Å². The Hall–Kier alpha value is -0.730. The Bertz CT molecular complexity index is 354. The summed E-state index contributed by atoms with van der Waals surface area (Å²) < 4.78 is 0. The number of unbranched alkanes of at least 4 members (excludes halogenated alkanes) is 3. The number of halogens is 1. The molecule has 0 aliphatic heterocycles. The van der Waals surface area contributed by atoms with Crippen LogP contribution in [0.25, 0.3) is 0 Å². The summed E-state index contributed by atoms with van der Waals surface area (Å²) in [5.41, 5.74) is 6.82. The monoisotopic (exact) mass is 268 g/mol. The van der Waals surface area contributed by atoms with Gasteiger partial charge in [0.05, 0.1) is 10.7 Å². The molecule has 1 aromatic rings. The second-order valence-corrected chi connectivity index (χ2v) is 5.59. The zero-order valence-corrected chi connectivity index (χ0v) is 12.3. The average molecular weight is 269 g/mol. The first-order valence-electron chi connectivity index (χ1n) is 6.84. The van der Waals surface area contributed by atoms with Crippen molar-refractivity contribution in [3.8, 4) is 0 Å². The highest BCUT2D eigenvalue weighted by Gasteiger charge is 2.22. The molecule has 0 bridgehead atoms. The van der Waals surface area contributed by atoms with Crippen LogP contribution in [0, 0.1) is 0 Å². The highest BCUT2D eigenvalue weighted by molar-refractivity contribution is 6.33. The van der Waals surface area contributed by atoms with E-state index in [1.54, 1.807) is 0 Å². The summed E-state index contributed by atoms with van der Waals surface area (Å²) >= 11 is 6.17. The predicted octanol–water partition coefficient (Wildman–Crippen LogP) is 4.44. The number of anilines is 1. The van der Waals surface area contributed by atoms with Crippen molar-refractivity contribution >= 4 is 17.3 Å². The third-order valence-corrected chi connectivity index (χ3v) is 3.67. The normalized spacial score (nSPS) is 14.2. The summed E-state index contributed by atoms with van der Waals surface area (Å²) in [6, 6.07) is 7.83. The Morgan fingerprint density at radius 2 is 1.94 bits per heavy atom. The molecule has 18 heavy (non-hydrogen) atoms. The van der Waals surface area contributed by atoms with Crippen molar-refractivity contribution in [1.82, 2.24) is 0 Å². The van der Waals surface area contributed by atoms with Crippen LogP contribution in [0.1, 0.15) is 46.0 Å². The molecule has 1 rings (SSSR count). The number of para-hydroxylation sites is 1. The number of benzene rings is 1. The van der Waals surface area contributed by atoms with Gasteiger partial charge < -0.3 is 11.1 Å². The van der Waals surface area contributed by atoms with E-state index >= 15 is 0 Å². The lowest BCUT2D eigenvalue weighted by atomic mass is 9.93. The third kappa shape index (κ3) is 4.87. The maximum absolute atomic E-state index is 6.17. The highest BCUT2D eigenvalue weighted by atomic mass is 35.5. The van der Waals surface area contributed by atoms with Crippen molar-refractivity contribution in [3.05, 3.63) is 29.3 Å². The van der Waals surface area contributed by atoms with Crippen molar-refractivity contribution in [2.75, 3.05) is 11.9 Å². The maximum atomic E-state index is 6.17. The molecular weight excluding hydrogens is 244 g/mol. The molecule has 0 aromatic heterocycles. The molecule has 3 heteroatoms. The zero-order chi connectivity index (χ0) is 13.4. The highest BCUT2D eigenvalue weighted by Crippen LogP contribution is 2.26. The molecule has 0 spiro atoms. The van der Waals surface area contributed by atoms with Crippen LogP contribution < -0.4 is 11.1 Å². The van der Waals surface area contributed by atoms with E-state index in [1.165, 1.54) is 25.7 Å². The zero-order valence-electron chi connectivity index (χ0n) is 11.5. The van der Waals surface area contributed by atoms with Gasteiger partial charge in [0, 0.05) is 12.1 Å². The molecule has 1 aromatic carbocycles. The summed E-state index contributed by atoms with van der Waals surface area (Å²) in [7, 11) is 0. The van der Waals surface area contributed by atoms with Gasteiger partial charge in [-0.3, -0.25) is 0 Å². The predicted molar refractivity (Wildman–Crippen MR) is 81.3 cm³/mol. The lowest BCUT2D eigenvalue weighted by molar-refractivity contribution is 0.451. The second kappa shape index (κ2) is 7.65. The second-order valence-electron chi connectivity index (χ2n) is 5.18. The first kappa shape index (κ1) is 15.3. The number of hydrogen-bond acceptors (Lipinski definition) is 2. The van der Waals surface area contributed by atoms with E-state index in [0.717, 1.165) is 17.1 Å². The Morgan fingerprint density at radius 1 is 1.22 bits per heavy atom. The summed E-state index contributed by atoms with van der Waals surface area (Å²) in [6.45, 7) is 5.01. The molecular formula is C15H25ClN2. The molecule has 102 valence electrons. The fourth-order valence-corrected chi connectivity index (χ4v) is 2.23. The Labute approximate surface area is 116 Å². The van der Waals surface area contributed by atoms with E-state index in [0.29, 0.717) is 6.54 Å². The minimum Gasteiger partial charge on any atom is -0.377 e. The molecule has 1 unspecified atom stereocenters. The Kier molecular flexibility index (Phi) is 6.51. The van der Waals surface area contributed by atoms with Gasteiger partial charge in [0.1, 0.15) is 0 Å². The molecule has 0 radical (unpaired) electrons. The third-order valence-electron chi connectivity index (χ3n) is 3.34. The van der Waals surface area contributed by atoms with E-state index < -0.39 is 0 Å². The molecule has 0 aliphatic rings. The van der Waals surface area contributed by atoms with Gasteiger partial charge in [-0.25, -0.2) is 0 Å². The fraction of sp³-hybridized carbons (Fsp3) is 0.600. The molecule has 0 amide bonds. The van der Waals surface area contributed by atoms with E-state index in [1.807, 2.05) is 24.3 Å². The fourth-order valence-electron chi connectivity index (χ4n) is 2.05. The van der Waals surface area contributed by atoms with Crippen LogP contribution in [0.4, 0.5) is 5.69 Å². The summed E-state index contributed by atoms with van der Waals surface area (Å²) in [5, 5.41) is 4.25. The molecule has 0 saturated carbocycles. The van der Waals surface area contributed by atoms with Crippen LogP contribution in [-0.2, 0) is 0 Å². The number of rotatable bonds is 8.